The molecule has 1 fully saturated rings. The summed E-state index contributed by atoms with van der Waals surface area (Å²) in [4.78, 5) is 0. The summed E-state index contributed by atoms with van der Waals surface area (Å²) in [7, 11) is 1.77. The van der Waals surface area contributed by atoms with E-state index in [2.05, 4.69) is 5.32 Å². The number of methoxy groups -OCH3 is 1. The molecule has 0 amide bonds. The van der Waals surface area contributed by atoms with Gasteiger partial charge in [-0.05, 0) is 44.7 Å². The first-order valence-electron chi connectivity index (χ1n) is 5.63. The lowest BCUT2D eigenvalue weighted by Crippen LogP contribution is -2.17. The lowest BCUT2D eigenvalue weighted by molar-refractivity contribution is 0.192. The Labute approximate surface area is 82.0 Å². The first-order valence-corrected chi connectivity index (χ1v) is 5.63. The van der Waals surface area contributed by atoms with Crippen LogP contribution < -0.4 is 5.32 Å². The Kier molecular flexibility index (Phi) is 6.21. The second-order valence-electron chi connectivity index (χ2n) is 4.04. The molecule has 2 heteroatoms. The van der Waals surface area contributed by atoms with Crippen molar-refractivity contribution >= 4 is 0 Å². The van der Waals surface area contributed by atoms with Crippen LogP contribution in [0.1, 0.15) is 38.5 Å². The maximum absolute atomic E-state index is 4.98. The van der Waals surface area contributed by atoms with Gasteiger partial charge < -0.3 is 10.1 Å². The number of ether oxygens (including phenoxy) is 1. The first kappa shape index (κ1) is 11.0. The van der Waals surface area contributed by atoms with E-state index in [9.17, 15) is 0 Å². The average molecular weight is 185 g/mol. The summed E-state index contributed by atoms with van der Waals surface area (Å²) in [6.07, 6.45) is 8.24. The Hall–Kier alpha value is -0.0800. The van der Waals surface area contributed by atoms with Crippen molar-refractivity contribution in [1.82, 2.24) is 5.32 Å². The Bertz CT molecular complexity index is 113. The van der Waals surface area contributed by atoms with Crippen LogP contribution in [-0.4, -0.2) is 26.8 Å². The minimum absolute atomic E-state index is 0.907. The highest BCUT2D eigenvalue weighted by molar-refractivity contribution is 4.72. The van der Waals surface area contributed by atoms with E-state index in [-0.39, 0.29) is 0 Å². The summed E-state index contributed by atoms with van der Waals surface area (Å²) >= 11 is 0. The van der Waals surface area contributed by atoms with E-state index in [1.807, 2.05) is 0 Å². The minimum atomic E-state index is 0.907. The molecule has 0 atom stereocenters. The molecular formula is C11H23NO. The van der Waals surface area contributed by atoms with Gasteiger partial charge in [0.05, 0.1) is 0 Å². The standard InChI is InChI=1S/C11H23NO/c1-13-10-3-2-8-12-9-4-5-11-6-7-11/h11-12H,2-10H2,1H3. The maximum atomic E-state index is 4.98. The predicted octanol–water partition coefficient (Wildman–Crippen LogP) is 2.19. The Morgan fingerprint density at radius 2 is 1.92 bits per heavy atom. The van der Waals surface area contributed by atoms with Crippen molar-refractivity contribution < 1.29 is 4.74 Å². The number of hydrogen-bond acceptors (Lipinski definition) is 2. The molecule has 0 aromatic carbocycles. The average Bonchev–Trinajstić information content (AvgIpc) is 2.93. The zero-order valence-corrected chi connectivity index (χ0v) is 8.85. The summed E-state index contributed by atoms with van der Waals surface area (Å²) in [6, 6.07) is 0. The fourth-order valence-electron chi connectivity index (χ4n) is 1.54. The van der Waals surface area contributed by atoms with Crippen LogP contribution >= 0.6 is 0 Å². The van der Waals surface area contributed by atoms with Crippen LogP contribution in [0.2, 0.25) is 0 Å². The monoisotopic (exact) mass is 185 g/mol. The topological polar surface area (TPSA) is 21.3 Å². The molecule has 0 aromatic heterocycles. The van der Waals surface area contributed by atoms with E-state index >= 15 is 0 Å². The van der Waals surface area contributed by atoms with Crippen molar-refractivity contribution in [3.8, 4) is 0 Å². The molecule has 0 spiro atoms. The molecule has 0 radical (unpaired) electrons. The Balaban J connectivity index is 1.63. The smallest absolute Gasteiger partial charge is 0.0462 e. The summed E-state index contributed by atoms with van der Waals surface area (Å²) in [5.74, 6) is 1.09. The highest BCUT2D eigenvalue weighted by atomic mass is 16.5. The van der Waals surface area contributed by atoms with Gasteiger partial charge in [-0.2, -0.15) is 0 Å². The van der Waals surface area contributed by atoms with E-state index in [0.717, 1.165) is 19.1 Å². The fraction of sp³-hybridized carbons (Fsp3) is 1.00. The van der Waals surface area contributed by atoms with Gasteiger partial charge in [0, 0.05) is 13.7 Å². The quantitative estimate of drug-likeness (QED) is 0.556. The molecule has 1 saturated carbocycles. The summed E-state index contributed by atoms with van der Waals surface area (Å²) in [5, 5.41) is 3.47. The van der Waals surface area contributed by atoms with Gasteiger partial charge in [-0.3, -0.25) is 0 Å². The molecule has 0 aliphatic heterocycles. The van der Waals surface area contributed by atoms with Crippen molar-refractivity contribution in [3.05, 3.63) is 0 Å². The molecule has 2 nitrogen and oxygen atoms in total. The second kappa shape index (κ2) is 7.34. The van der Waals surface area contributed by atoms with Crippen molar-refractivity contribution in [2.75, 3.05) is 26.8 Å². The van der Waals surface area contributed by atoms with Crippen molar-refractivity contribution in [3.63, 3.8) is 0 Å². The van der Waals surface area contributed by atoms with Crippen LogP contribution in [-0.2, 0) is 4.74 Å². The fourth-order valence-corrected chi connectivity index (χ4v) is 1.54. The summed E-state index contributed by atoms with van der Waals surface area (Å²) < 4.78 is 4.98. The van der Waals surface area contributed by atoms with Gasteiger partial charge >= 0.3 is 0 Å². The SMILES string of the molecule is COCCCCNCCCC1CC1. The molecule has 0 unspecified atom stereocenters. The minimum Gasteiger partial charge on any atom is -0.385 e. The number of unbranched alkanes of at least 4 members (excludes halogenated alkanes) is 1. The van der Waals surface area contributed by atoms with Gasteiger partial charge in [-0.25, -0.2) is 0 Å². The zero-order chi connectivity index (χ0) is 9.36. The lowest BCUT2D eigenvalue weighted by atomic mass is 10.2. The van der Waals surface area contributed by atoms with Gasteiger partial charge in [-0.1, -0.05) is 12.8 Å². The van der Waals surface area contributed by atoms with Gasteiger partial charge in [0.2, 0.25) is 0 Å². The highest BCUT2D eigenvalue weighted by Gasteiger charge is 2.19. The van der Waals surface area contributed by atoms with Gasteiger partial charge in [0.1, 0.15) is 0 Å². The molecule has 1 N–H and O–H groups in total. The number of hydrogen-bond donors (Lipinski definition) is 1. The van der Waals surface area contributed by atoms with Crippen LogP contribution in [0.4, 0.5) is 0 Å². The van der Waals surface area contributed by atoms with E-state index in [1.165, 1.54) is 45.1 Å². The molecular weight excluding hydrogens is 162 g/mol. The van der Waals surface area contributed by atoms with Crippen LogP contribution in [0, 0.1) is 5.92 Å². The third-order valence-corrected chi connectivity index (χ3v) is 2.61. The van der Waals surface area contributed by atoms with Crippen molar-refractivity contribution in [2.45, 2.75) is 38.5 Å². The van der Waals surface area contributed by atoms with Gasteiger partial charge in [0.25, 0.3) is 0 Å². The summed E-state index contributed by atoms with van der Waals surface area (Å²) in [5.41, 5.74) is 0. The van der Waals surface area contributed by atoms with Crippen molar-refractivity contribution in [1.29, 1.82) is 0 Å². The molecule has 0 saturated heterocycles. The second-order valence-corrected chi connectivity index (χ2v) is 4.04. The Morgan fingerprint density at radius 1 is 1.15 bits per heavy atom. The highest BCUT2D eigenvalue weighted by Crippen LogP contribution is 2.33. The molecule has 0 aromatic rings. The van der Waals surface area contributed by atoms with Crippen LogP contribution in [0.15, 0.2) is 0 Å². The van der Waals surface area contributed by atoms with Gasteiger partial charge in [0.15, 0.2) is 0 Å². The number of nitrogens with one attached hydrogen (secondary N) is 1. The third kappa shape index (κ3) is 7.03. The largest absolute Gasteiger partial charge is 0.385 e. The van der Waals surface area contributed by atoms with E-state index < -0.39 is 0 Å². The van der Waals surface area contributed by atoms with Crippen molar-refractivity contribution in [2.24, 2.45) is 5.92 Å². The number of rotatable bonds is 9. The third-order valence-electron chi connectivity index (χ3n) is 2.61. The van der Waals surface area contributed by atoms with Gasteiger partial charge in [-0.15, -0.1) is 0 Å². The molecule has 1 aliphatic rings. The molecule has 13 heavy (non-hydrogen) atoms. The molecule has 78 valence electrons. The maximum Gasteiger partial charge on any atom is 0.0462 e. The van der Waals surface area contributed by atoms with E-state index in [4.69, 9.17) is 4.74 Å². The normalized spacial score (nSPS) is 16.4. The Morgan fingerprint density at radius 3 is 2.62 bits per heavy atom. The first-order chi connectivity index (χ1) is 6.43. The van der Waals surface area contributed by atoms with Crippen LogP contribution in [0.5, 0.6) is 0 Å². The summed E-state index contributed by atoms with van der Waals surface area (Å²) in [6.45, 7) is 3.28. The molecule has 0 bridgehead atoms. The molecule has 1 aliphatic carbocycles. The van der Waals surface area contributed by atoms with E-state index in [1.54, 1.807) is 7.11 Å². The molecule has 0 heterocycles. The van der Waals surface area contributed by atoms with Crippen LogP contribution in [0.25, 0.3) is 0 Å². The lowest BCUT2D eigenvalue weighted by Gasteiger charge is -2.03. The van der Waals surface area contributed by atoms with Crippen LogP contribution in [0.3, 0.4) is 0 Å². The zero-order valence-electron chi connectivity index (χ0n) is 8.85. The predicted molar refractivity (Wildman–Crippen MR) is 55.9 cm³/mol. The van der Waals surface area contributed by atoms with E-state index in [0.29, 0.717) is 0 Å². The molecule has 1 rings (SSSR count).